The molecule has 86 valence electrons. The molecule has 0 saturated carbocycles. The number of carbonyl (C=O) groups excluding carboxylic acids is 1. The lowest BCUT2D eigenvalue weighted by Crippen LogP contribution is -2.29. The predicted molar refractivity (Wildman–Crippen MR) is 60.0 cm³/mol. The van der Waals surface area contributed by atoms with Gasteiger partial charge in [0.05, 0.1) is 12.7 Å². The van der Waals surface area contributed by atoms with E-state index < -0.39 is 5.97 Å². The van der Waals surface area contributed by atoms with E-state index in [9.17, 15) is 10.0 Å². The molecule has 0 atom stereocenters. The Labute approximate surface area is 97.9 Å². The van der Waals surface area contributed by atoms with Gasteiger partial charge in [0.15, 0.2) is 6.20 Å². The zero-order valence-corrected chi connectivity index (χ0v) is 9.16. The summed E-state index contributed by atoms with van der Waals surface area (Å²) in [7, 11) is 1.29. The van der Waals surface area contributed by atoms with Crippen LogP contribution in [0.5, 0.6) is 0 Å². The van der Waals surface area contributed by atoms with Crippen LogP contribution in [0.3, 0.4) is 0 Å². The van der Waals surface area contributed by atoms with Crippen molar-refractivity contribution >= 4 is 5.97 Å². The van der Waals surface area contributed by atoms with E-state index in [1.54, 1.807) is 24.4 Å². The molecule has 0 aliphatic rings. The number of rotatable bonds is 2. The molecule has 0 fully saturated rings. The van der Waals surface area contributed by atoms with Crippen molar-refractivity contribution in [1.29, 1.82) is 0 Å². The van der Waals surface area contributed by atoms with E-state index in [0.29, 0.717) is 21.7 Å². The lowest BCUT2D eigenvalue weighted by Gasteiger charge is -2.05. The molecule has 0 radical (unpaired) electrons. The molecule has 0 aromatic carbocycles. The first-order valence-electron chi connectivity index (χ1n) is 4.95. The van der Waals surface area contributed by atoms with Crippen molar-refractivity contribution in [1.82, 2.24) is 4.98 Å². The fraction of sp³-hybridized carbons (Fsp3) is 0.0833. The van der Waals surface area contributed by atoms with E-state index >= 15 is 0 Å². The predicted octanol–water partition coefficient (Wildman–Crippen LogP) is 1.17. The van der Waals surface area contributed by atoms with E-state index in [-0.39, 0.29) is 0 Å². The van der Waals surface area contributed by atoms with E-state index in [1.807, 2.05) is 0 Å². The molecule has 0 amide bonds. The maximum atomic E-state index is 11.6. The minimum absolute atomic E-state index is 0.313. The Morgan fingerprint density at radius 2 is 2.24 bits per heavy atom. The summed E-state index contributed by atoms with van der Waals surface area (Å²) in [5.41, 5.74) is 1.14. The minimum atomic E-state index is -0.484. The molecule has 0 aliphatic heterocycles. The lowest BCUT2D eigenvalue weighted by atomic mass is 10.2. The molecule has 17 heavy (non-hydrogen) atoms. The van der Waals surface area contributed by atoms with Gasteiger partial charge in [0.25, 0.3) is 0 Å². The number of hydrogen-bond donors (Lipinski definition) is 0. The number of carbonyl (C=O) groups is 1. The number of hydrogen-bond acceptors (Lipinski definition) is 4. The number of methoxy groups -OCH3 is 1. The van der Waals surface area contributed by atoms with Crippen molar-refractivity contribution in [2.75, 3.05) is 7.11 Å². The van der Waals surface area contributed by atoms with Crippen LogP contribution >= 0.6 is 0 Å². The van der Waals surface area contributed by atoms with Gasteiger partial charge in [-0.25, -0.2) is 9.78 Å². The largest absolute Gasteiger partial charge is 0.618 e. The second-order valence-electron chi connectivity index (χ2n) is 3.33. The average molecular weight is 230 g/mol. The van der Waals surface area contributed by atoms with Gasteiger partial charge in [-0.3, -0.25) is 0 Å². The summed E-state index contributed by atoms with van der Waals surface area (Å²) >= 11 is 0. The zero-order valence-electron chi connectivity index (χ0n) is 9.16. The first kappa shape index (κ1) is 11.1. The van der Waals surface area contributed by atoms with E-state index in [2.05, 4.69) is 9.72 Å². The Morgan fingerprint density at radius 3 is 2.88 bits per heavy atom. The monoisotopic (exact) mass is 230 g/mol. The van der Waals surface area contributed by atoms with Crippen LogP contribution in [0.4, 0.5) is 0 Å². The normalized spacial score (nSPS) is 9.94. The highest BCUT2D eigenvalue weighted by Crippen LogP contribution is 2.13. The van der Waals surface area contributed by atoms with Gasteiger partial charge >= 0.3 is 5.97 Å². The van der Waals surface area contributed by atoms with Crippen molar-refractivity contribution in [3.8, 4) is 11.4 Å². The Kier molecular flexibility index (Phi) is 3.00. The Bertz CT molecular complexity index is 541. The molecule has 0 spiro atoms. The summed E-state index contributed by atoms with van der Waals surface area (Å²) in [6.07, 6.45) is 2.84. The van der Waals surface area contributed by atoms with Crippen LogP contribution in [0, 0.1) is 5.21 Å². The molecule has 0 unspecified atom stereocenters. The van der Waals surface area contributed by atoms with Gasteiger partial charge < -0.3 is 9.94 Å². The van der Waals surface area contributed by atoms with Crippen molar-refractivity contribution in [3.63, 3.8) is 0 Å². The summed E-state index contributed by atoms with van der Waals surface area (Å²) < 4.78 is 5.26. The van der Waals surface area contributed by atoms with Gasteiger partial charge in [-0.15, -0.1) is 0 Å². The second-order valence-corrected chi connectivity index (χ2v) is 3.33. The average Bonchev–Trinajstić information content (AvgIpc) is 2.39. The highest BCUT2D eigenvalue weighted by atomic mass is 16.5. The summed E-state index contributed by atoms with van der Waals surface area (Å²) in [4.78, 5) is 15.4. The molecule has 2 aromatic rings. The minimum Gasteiger partial charge on any atom is -0.618 e. The van der Waals surface area contributed by atoms with Crippen LogP contribution in [0.15, 0.2) is 42.7 Å². The van der Waals surface area contributed by atoms with Gasteiger partial charge in [-0.05, 0) is 12.1 Å². The molecule has 0 bridgehead atoms. The van der Waals surface area contributed by atoms with Crippen molar-refractivity contribution in [2.24, 2.45) is 0 Å². The molecule has 2 heterocycles. The molecule has 2 aromatic heterocycles. The van der Waals surface area contributed by atoms with Crippen molar-refractivity contribution in [2.45, 2.75) is 0 Å². The molecule has 2 rings (SSSR count). The first-order chi connectivity index (χ1) is 8.22. The maximum Gasteiger partial charge on any atom is 0.338 e. The third-order valence-corrected chi connectivity index (χ3v) is 2.27. The smallest absolute Gasteiger partial charge is 0.338 e. The first-order valence-corrected chi connectivity index (χ1v) is 4.95. The fourth-order valence-corrected chi connectivity index (χ4v) is 1.43. The van der Waals surface area contributed by atoms with Crippen molar-refractivity contribution in [3.05, 3.63) is 53.5 Å². The summed E-state index contributed by atoms with van der Waals surface area (Å²) in [5, 5.41) is 11.6. The number of pyridine rings is 2. The highest BCUT2D eigenvalue weighted by Gasteiger charge is 2.14. The molecule has 0 N–H and O–H groups in total. The highest BCUT2D eigenvalue weighted by molar-refractivity contribution is 5.89. The molecule has 5 heteroatoms. The molecular formula is C12H10N2O3. The number of aromatic nitrogens is 2. The molecular weight excluding hydrogens is 220 g/mol. The van der Waals surface area contributed by atoms with Gasteiger partial charge in [0.2, 0.25) is 5.69 Å². The molecule has 0 saturated heterocycles. The lowest BCUT2D eigenvalue weighted by molar-refractivity contribution is -0.593. The summed E-state index contributed by atoms with van der Waals surface area (Å²) in [6.45, 7) is 0. The fourth-order valence-electron chi connectivity index (χ4n) is 1.43. The molecule has 5 nitrogen and oxygen atoms in total. The number of nitrogens with zero attached hydrogens (tertiary/aromatic N) is 2. The quantitative estimate of drug-likeness (QED) is 0.441. The van der Waals surface area contributed by atoms with E-state index in [4.69, 9.17) is 0 Å². The van der Waals surface area contributed by atoms with Gasteiger partial charge in [0, 0.05) is 18.3 Å². The van der Waals surface area contributed by atoms with Crippen LogP contribution in [0.1, 0.15) is 10.4 Å². The summed E-state index contributed by atoms with van der Waals surface area (Å²) in [5.74, 6) is -0.484. The van der Waals surface area contributed by atoms with E-state index in [0.717, 1.165) is 0 Å². The standard InChI is InChI=1S/C12H10N2O3/c1-17-12(15)9-5-7-14(16)11(8-9)10-4-2-3-6-13-10/h2-8H,1H3. The van der Waals surface area contributed by atoms with Crippen LogP contribution in [-0.2, 0) is 4.74 Å². The SMILES string of the molecule is COC(=O)c1cc[n+]([O-])c(-c2ccccn2)c1. The second kappa shape index (κ2) is 4.61. The van der Waals surface area contributed by atoms with Crippen LogP contribution in [-0.4, -0.2) is 18.1 Å². The van der Waals surface area contributed by atoms with Crippen molar-refractivity contribution < 1.29 is 14.3 Å². The van der Waals surface area contributed by atoms with Crippen LogP contribution in [0.25, 0.3) is 11.4 Å². The third kappa shape index (κ3) is 2.23. The Balaban J connectivity index is 2.50. The number of ether oxygens (including phenoxy) is 1. The third-order valence-electron chi connectivity index (χ3n) is 2.27. The Hall–Kier alpha value is -2.43. The van der Waals surface area contributed by atoms with Gasteiger partial charge in [0.1, 0.15) is 5.69 Å². The van der Waals surface area contributed by atoms with E-state index in [1.165, 1.54) is 25.4 Å². The van der Waals surface area contributed by atoms with Gasteiger partial charge in [-0.2, -0.15) is 4.73 Å². The maximum absolute atomic E-state index is 11.6. The Morgan fingerprint density at radius 1 is 1.41 bits per heavy atom. The van der Waals surface area contributed by atoms with Gasteiger partial charge in [-0.1, -0.05) is 6.07 Å². The van der Waals surface area contributed by atoms with Crippen LogP contribution in [0.2, 0.25) is 0 Å². The molecule has 0 aliphatic carbocycles. The number of esters is 1. The topological polar surface area (TPSA) is 66.1 Å². The summed E-state index contributed by atoms with van der Waals surface area (Å²) in [6, 6.07) is 8.09. The zero-order chi connectivity index (χ0) is 12.3. The van der Waals surface area contributed by atoms with Crippen LogP contribution < -0.4 is 4.73 Å².